The van der Waals surface area contributed by atoms with E-state index in [9.17, 15) is 4.79 Å². The van der Waals surface area contributed by atoms with Crippen LogP contribution < -0.4 is 0 Å². The number of aryl methyl sites for hydroxylation is 2. The van der Waals surface area contributed by atoms with Gasteiger partial charge in [-0.05, 0) is 26.7 Å². The molecule has 0 bridgehead atoms. The summed E-state index contributed by atoms with van der Waals surface area (Å²) in [6.45, 7) is 14.3. The number of hydrogen-bond donors (Lipinski definition) is 0. The van der Waals surface area contributed by atoms with Crippen LogP contribution in [0.5, 0.6) is 0 Å². The summed E-state index contributed by atoms with van der Waals surface area (Å²) in [6.07, 6.45) is 1.11. The van der Waals surface area contributed by atoms with Gasteiger partial charge in [0.25, 0.3) is 5.91 Å². The molecule has 0 saturated carbocycles. The quantitative estimate of drug-likeness (QED) is 0.841. The number of likely N-dealkylation sites (tertiary alicyclic amines) is 1. The molecule has 0 radical (unpaired) electrons. The van der Waals surface area contributed by atoms with E-state index in [1.807, 2.05) is 23.4 Å². The summed E-state index contributed by atoms with van der Waals surface area (Å²) in [7, 11) is 0. The number of hydrogen-bond acceptors (Lipinski definition) is 4. The molecule has 134 valence electrons. The fraction of sp³-hybridized carbons (Fsp3) is 0.778. The van der Waals surface area contributed by atoms with Crippen molar-refractivity contribution in [3.8, 4) is 0 Å². The molecule has 3 rings (SSSR count). The molecule has 6 heteroatoms. The number of carbonyl (C=O) groups is 1. The smallest absolute Gasteiger partial charge is 0.257 e. The van der Waals surface area contributed by atoms with Crippen molar-refractivity contribution in [1.29, 1.82) is 0 Å². The molecule has 24 heavy (non-hydrogen) atoms. The van der Waals surface area contributed by atoms with Gasteiger partial charge >= 0.3 is 0 Å². The van der Waals surface area contributed by atoms with Crippen LogP contribution in [0, 0.1) is 19.8 Å². The predicted molar refractivity (Wildman–Crippen MR) is 93.2 cm³/mol. The van der Waals surface area contributed by atoms with Crippen LogP contribution in [0.3, 0.4) is 0 Å². The van der Waals surface area contributed by atoms with Crippen LogP contribution in [0.25, 0.3) is 0 Å². The molecule has 1 amide bonds. The second kappa shape index (κ2) is 7.23. The lowest BCUT2D eigenvalue weighted by atomic mass is 9.99. The Morgan fingerprint density at radius 2 is 1.92 bits per heavy atom. The number of ether oxygens (including phenoxy) is 1. The lowest BCUT2D eigenvalue weighted by molar-refractivity contribution is 0.0103. The van der Waals surface area contributed by atoms with E-state index in [1.165, 1.54) is 0 Å². The van der Waals surface area contributed by atoms with Crippen LogP contribution in [0.1, 0.15) is 42.0 Å². The van der Waals surface area contributed by atoms with E-state index in [0.29, 0.717) is 12.0 Å². The maximum absolute atomic E-state index is 13.1. The van der Waals surface area contributed by atoms with Crippen LogP contribution in [-0.2, 0) is 11.3 Å². The monoisotopic (exact) mass is 334 g/mol. The van der Waals surface area contributed by atoms with Crippen molar-refractivity contribution >= 4 is 5.91 Å². The first kappa shape index (κ1) is 17.4. The SMILES string of the molecule is CC[C@@H]1CN(C(=O)c2c(C)nn(CC)c2C)C[C@H]1N1CCOCC1. The minimum atomic E-state index is 0.152. The molecule has 2 atom stereocenters. The summed E-state index contributed by atoms with van der Waals surface area (Å²) in [5.41, 5.74) is 2.64. The molecule has 2 saturated heterocycles. The van der Waals surface area contributed by atoms with E-state index in [-0.39, 0.29) is 5.91 Å². The Morgan fingerprint density at radius 3 is 2.50 bits per heavy atom. The van der Waals surface area contributed by atoms with Gasteiger partial charge in [-0.3, -0.25) is 14.4 Å². The van der Waals surface area contributed by atoms with Crippen molar-refractivity contribution in [3.05, 3.63) is 17.0 Å². The molecule has 0 aromatic carbocycles. The molecule has 0 aliphatic carbocycles. The van der Waals surface area contributed by atoms with Gasteiger partial charge in [0.1, 0.15) is 0 Å². The van der Waals surface area contributed by atoms with E-state index in [4.69, 9.17) is 4.74 Å². The van der Waals surface area contributed by atoms with Gasteiger partial charge in [-0.1, -0.05) is 13.3 Å². The number of morpholine rings is 1. The minimum absolute atomic E-state index is 0.152. The van der Waals surface area contributed by atoms with Crippen LogP contribution in [0.15, 0.2) is 0 Å². The normalized spacial score (nSPS) is 25.4. The van der Waals surface area contributed by atoms with Gasteiger partial charge in [0, 0.05) is 44.5 Å². The van der Waals surface area contributed by atoms with Crippen molar-refractivity contribution in [2.45, 2.75) is 46.7 Å². The second-order valence-corrected chi connectivity index (χ2v) is 6.96. The lowest BCUT2D eigenvalue weighted by Crippen LogP contribution is -2.47. The summed E-state index contributed by atoms with van der Waals surface area (Å²) in [4.78, 5) is 17.7. The largest absolute Gasteiger partial charge is 0.379 e. The molecule has 0 unspecified atom stereocenters. The van der Waals surface area contributed by atoms with Gasteiger partial charge < -0.3 is 9.64 Å². The highest BCUT2D eigenvalue weighted by atomic mass is 16.5. The van der Waals surface area contributed by atoms with Crippen LogP contribution in [0.4, 0.5) is 0 Å². The predicted octanol–water partition coefficient (Wildman–Crippen LogP) is 1.70. The Kier molecular flexibility index (Phi) is 5.25. The molecule has 0 N–H and O–H groups in total. The summed E-state index contributed by atoms with van der Waals surface area (Å²) in [6, 6.07) is 0.463. The third-order valence-corrected chi connectivity index (χ3v) is 5.63. The highest BCUT2D eigenvalue weighted by Gasteiger charge is 2.39. The fourth-order valence-corrected chi connectivity index (χ4v) is 4.22. The molecule has 2 aliphatic heterocycles. The number of aromatic nitrogens is 2. The molecule has 1 aromatic heterocycles. The Balaban J connectivity index is 1.77. The molecule has 2 aliphatic rings. The average molecular weight is 334 g/mol. The van der Waals surface area contributed by atoms with Crippen LogP contribution >= 0.6 is 0 Å². The summed E-state index contributed by atoms with van der Waals surface area (Å²) in [5.74, 6) is 0.702. The summed E-state index contributed by atoms with van der Waals surface area (Å²) in [5, 5.41) is 4.51. The summed E-state index contributed by atoms with van der Waals surface area (Å²) < 4.78 is 7.41. The van der Waals surface area contributed by atoms with E-state index < -0.39 is 0 Å². The fourth-order valence-electron chi connectivity index (χ4n) is 4.22. The third kappa shape index (κ3) is 3.09. The Bertz CT molecular complexity index is 592. The molecule has 0 spiro atoms. The van der Waals surface area contributed by atoms with Gasteiger partial charge in [0.2, 0.25) is 0 Å². The first-order valence-corrected chi connectivity index (χ1v) is 9.21. The van der Waals surface area contributed by atoms with Crippen LogP contribution in [0.2, 0.25) is 0 Å². The van der Waals surface area contributed by atoms with Gasteiger partial charge in [0.05, 0.1) is 24.5 Å². The maximum atomic E-state index is 13.1. The average Bonchev–Trinajstić information content (AvgIpc) is 3.16. The minimum Gasteiger partial charge on any atom is -0.379 e. The number of rotatable bonds is 4. The number of nitrogens with zero attached hydrogens (tertiary/aromatic N) is 4. The van der Waals surface area contributed by atoms with Crippen molar-refractivity contribution < 1.29 is 9.53 Å². The van der Waals surface area contributed by atoms with Gasteiger partial charge in [0.15, 0.2) is 0 Å². The van der Waals surface area contributed by atoms with Gasteiger partial charge in [-0.15, -0.1) is 0 Å². The number of carbonyl (C=O) groups excluding carboxylic acids is 1. The zero-order chi connectivity index (χ0) is 17.3. The van der Waals surface area contributed by atoms with E-state index >= 15 is 0 Å². The molecule has 1 aromatic rings. The standard InChI is InChI=1S/C18H30N4O2/c1-5-15-11-21(12-16(15)20-7-9-24-10-8-20)18(23)17-13(3)19-22(6-2)14(17)4/h15-16H,5-12H2,1-4H3/t15-,16-/m1/s1. The zero-order valence-corrected chi connectivity index (χ0v) is 15.4. The summed E-state index contributed by atoms with van der Waals surface area (Å²) >= 11 is 0. The van der Waals surface area contributed by atoms with Crippen molar-refractivity contribution in [2.24, 2.45) is 5.92 Å². The van der Waals surface area contributed by atoms with Crippen molar-refractivity contribution in [3.63, 3.8) is 0 Å². The number of amides is 1. The van der Waals surface area contributed by atoms with Crippen molar-refractivity contribution in [1.82, 2.24) is 19.6 Å². The van der Waals surface area contributed by atoms with Gasteiger partial charge in [-0.25, -0.2) is 0 Å². The molecular formula is C18H30N4O2. The lowest BCUT2D eigenvalue weighted by Gasteiger charge is -2.34. The molecular weight excluding hydrogens is 304 g/mol. The second-order valence-electron chi connectivity index (χ2n) is 6.96. The first-order chi connectivity index (χ1) is 11.6. The van der Waals surface area contributed by atoms with E-state index in [2.05, 4.69) is 23.8 Å². The zero-order valence-electron chi connectivity index (χ0n) is 15.4. The Hall–Kier alpha value is -1.40. The van der Waals surface area contributed by atoms with Gasteiger partial charge in [-0.2, -0.15) is 5.10 Å². The topological polar surface area (TPSA) is 50.6 Å². The maximum Gasteiger partial charge on any atom is 0.257 e. The van der Waals surface area contributed by atoms with E-state index in [0.717, 1.165) is 69.3 Å². The molecule has 3 heterocycles. The Morgan fingerprint density at radius 1 is 1.21 bits per heavy atom. The van der Waals surface area contributed by atoms with Crippen LogP contribution in [-0.4, -0.2) is 70.9 Å². The molecule has 6 nitrogen and oxygen atoms in total. The highest BCUT2D eigenvalue weighted by Crippen LogP contribution is 2.28. The first-order valence-electron chi connectivity index (χ1n) is 9.21. The van der Waals surface area contributed by atoms with E-state index in [1.54, 1.807) is 0 Å². The highest BCUT2D eigenvalue weighted by molar-refractivity contribution is 5.96. The Labute approximate surface area is 144 Å². The molecule has 2 fully saturated rings. The third-order valence-electron chi connectivity index (χ3n) is 5.63. The van der Waals surface area contributed by atoms with Crippen molar-refractivity contribution in [2.75, 3.05) is 39.4 Å².